The molecule has 3 aromatic carbocycles. The number of likely N-dealkylation sites (N-methyl/N-ethyl adjacent to an activating group) is 1. The molecule has 0 radical (unpaired) electrons. The van der Waals surface area contributed by atoms with Crippen LogP contribution in [0.15, 0.2) is 77.2 Å². The standard InChI is InChI=1S/C25H22ClN3O3/c1-17-6-8-18(9-7-17)23-27-28-24(32-23)19-10-12-20(13-11-19)25(30)29(2)14-15-31-22-5-3-4-21(26)16-22/h3-13,16H,14-15H2,1-2H3. The summed E-state index contributed by atoms with van der Waals surface area (Å²) in [6.07, 6.45) is 0. The van der Waals surface area contributed by atoms with E-state index in [1.807, 2.05) is 43.3 Å². The molecule has 0 N–H and O–H groups in total. The van der Waals surface area contributed by atoms with Gasteiger partial charge in [-0.1, -0.05) is 35.4 Å². The minimum absolute atomic E-state index is 0.0999. The molecule has 0 fully saturated rings. The Morgan fingerprint density at radius 1 is 0.969 bits per heavy atom. The molecule has 0 aliphatic heterocycles. The smallest absolute Gasteiger partial charge is 0.253 e. The van der Waals surface area contributed by atoms with E-state index in [0.717, 1.165) is 16.7 Å². The van der Waals surface area contributed by atoms with Gasteiger partial charge in [0, 0.05) is 28.8 Å². The Labute approximate surface area is 191 Å². The van der Waals surface area contributed by atoms with Gasteiger partial charge in [0.2, 0.25) is 11.8 Å². The van der Waals surface area contributed by atoms with E-state index in [1.54, 1.807) is 48.3 Å². The highest BCUT2D eigenvalue weighted by atomic mass is 35.5. The van der Waals surface area contributed by atoms with Crippen LogP contribution in [0, 0.1) is 6.92 Å². The van der Waals surface area contributed by atoms with Crippen molar-refractivity contribution in [2.24, 2.45) is 0 Å². The van der Waals surface area contributed by atoms with E-state index in [0.29, 0.717) is 41.3 Å². The molecule has 32 heavy (non-hydrogen) atoms. The Bertz CT molecular complexity index is 1200. The number of rotatable bonds is 7. The van der Waals surface area contributed by atoms with Crippen molar-refractivity contribution in [3.63, 3.8) is 0 Å². The largest absolute Gasteiger partial charge is 0.492 e. The third-order valence-electron chi connectivity index (χ3n) is 4.94. The molecule has 0 bridgehead atoms. The molecule has 0 atom stereocenters. The van der Waals surface area contributed by atoms with Gasteiger partial charge in [0.05, 0.1) is 6.54 Å². The van der Waals surface area contributed by atoms with E-state index < -0.39 is 0 Å². The second-order valence-corrected chi connectivity index (χ2v) is 7.82. The third kappa shape index (κ3) is 5.15. The van der Waals surface area contributed by atoms with Gasteiger partial charge in [-0.2, -0.15) is 0 Å². The fraction of sp³-hybridized carbons (Fsp3) is 0.160. The first kappa shape index (κ1) is 21.6. The van der Waals surface area contributed by atoms with Crippen molar-refractivity contribution < 1.29 is 13.9 Å². The number of carbonyl (C=O) groups excluding carboxylic acids is 1. The van der Waals surface area contributed by atoms with Crippen LogP contribution in [-0.2, 0) is 0 Å². The molecule has 162 valence electrons. The molecule has 1 aromatic heterocycles. The summed E-state index contributed by atoms with van der Waals surface area (Å²) in [5, 5.41) is 8.87. The van der Waals surface area contributed by atoms with Crippen molar-refractivity contribution in [3.05, 3.63) is 88.9 Å². The normalized spacial score (nSPS) is 10.7. The molecule has 0 unspecified atom stereocenters. The highest BCUT2D eigenvalue weighted by Crippen LogP contribution is 2.24. The van der Waals surface area contributed by atoms with Gasteiger partial charge in [0.15, 0.2) is 0 Å². The molecular formula is C25H22ClN3O3. The van der Waals surface area contributed by atoms with Gasteiger partial charge >= 0.3 is 0 Å². The molecule has 0 spiro atoms. The number of halogens is 1. The fourth-order valence-corrected chi connectivity index (χ4v) is 3.27. The minimum atomic E-state index is -0.0999. The number of benzene rings is 3. The van der Waals surface area contributed by atoms with E-state index in [4.69, 9.17) is 20.8 Å². The van der Waals surface area contributed by atoms with Crippen LogP contribution in [0.4, 0.5) is 0 Å². The molecule has 0 aliphatic rings. The molecule has 7 heteroatoms. The lowest BCUT2D eigenvalue weighted by Gasteiger charge is -2.17. The average molecular weight is 448 g/mol. The topological polar surface area (TPSA) is 68.5 Å². The monoisotopic (exact) mass is 447 g/mol. The Kier molecular flexibility index (Phi) is 6.52. The first-order valence-corrected chi connectivity index (χ1v) is 10.5. The van der Waals surface area contributed by atoms with Crippen molar-refractivity contribution in [3.8, 4) is 28.7 Å². The number of nitrogens with zero attached hydrogens (tertiary/aromatic N) is 3. The summed E-state index contributed by atoms with van der Waals surface area (Å²) in [7, 11) is 1.74. The van der Waals surface area contributed by atoms with Crippen LogP contribution in [0.5, 0.6) is 5.75 Å². The summed E-state index contributed by atoms with van der Waals surface area (Å²) in [6, 6.07) is 22.2. The quantitative estimate of drug-likeness (QED) is 0.373. The van der Waals surface area contributed by atoms with E-state index in [1.165, 1.54) is 0 Å². The molecule has 0 saturated carbocycles. The predicted octanol–water partition coefficient (Wildman–Crippen LogP) is 5.52. The van der Waals surface area contributed by atoms with Crippen molar-refractivity contribution >= 4 is 17.5 Å². The SMILES string of the molecule is Cc1ccc(-c2nnc(-c3ccc(C(=O)N(C)CCOc4cccc(Cl)c4)cc3)o2)cc1. The summed E-state index contributed by atoms with van der Waals surface area (Å²) in [5.41, 5.74) is 3.34. The van der Waals surface area contributed by atoms with Crippen molar-refractivity contribution in [1.82, 2.24) is 15.1 Å². The van der Waals surface area contributed by atoms with Crippen molar-refractivity contribution in [2.45, 2.75) is 6.92 Å². The van der Waals surface area contributed by atoms with Gasteiger partial charge in [0.1, 0.15) is 12.4 Å². The Hall–Kier alpha value is -3.64. The zero-order valence-electron chi connectivity index (χ0n) is 17.8. The van der Waals surface area contributed by atoms with Gasteiger partial charge in [-0.3, -0.25) is 4.79 Å². The molecular weight excluding hydrogens is 426 g/mol. The van der Waals surface area contributed by atoms with Gasteiger partial charge in [-0.25, -0.2) is 0 Å². The van der Waals surface area contributed by atoms with E-state index in [-0.39, 0.29) is 5.91 Å². The zero-order valence-corrected chi connectivity index (χ0v) is 18.5. The lowest BCUT2D eigenvalue weighted by Crippen LogP contribution is -2.30. The molecule has 4 aromatic rings. The van der Waals surface area contributed by atoms with Crippen molar-refractivity contribution in [2.75, 3.05) is 20.2 Å². The number of aromatic nitrogens is 2. The van der Waals surface area contributed by atoms with Gasteiger partial charge in [-0.15, -0.1) is 10.2 Å². The Balaban J connectivity index is 1.36. The van der Waals surface area contributed by atoms with Gasteiger partial charge in [-0.05, 0) is 61.5 Å². The van der Waals surface area contributed by atoms with E-state index in [2.05, 4.69) is 10.2 Å². The first-order chi connectivity index (χ1) is 15.5. The number of ether oxygens (including phenoxy) is 1. The summed E-state index contributed by atoms with van der Waals surface area (Å²) < 4.78 is 11.5. The second-order valence-electron chi connectivity index (χ2n) is 7.39. The number of amides is 1. The van der Waals surface area contributed by atoms with Crippen LogP contribution in [0.2, 0.25) is 5.02 Å². The van der Waals surface area contributed by atoms with E-state index in [9.17, 15) is 4.79 Å². The number of hydrogen-bond donors (Lipinski definition) is 0. The summed E-state index contributed by atoms with van der Waals surface area (Å²) >= 11 is 5.95. The van der Waals surface area contributed by atoms with Crippen LogP contribution >= 0.6 is 11.6 Å². The lowest BCUT2D eigenvalue weighted by atomic mass is 10.1. The molecule has 0 aliphatic carbocycles. The first-order valence-electron chi connectivity index (χ1n) is 10.1. The zero-order chi connectivity index (χ0) is 22.5. The van der Waals surface area contributed by atoms with Crippen LogP contribution in [-0.4, -0.2) is 41.2 Å². The van der Waals surface area contributed by atoms with Crippen molar-refractivity contribution in [1.29, 1.82) is 0 Å². The van der Waals surface area contributed by atoms with Crippen LogP contribution in [0.3, 0.4) is 0 Å². The molecule has 1 heterocycles. The summed E-state index contributed by atoms with van der Waals surface area (Å²) in [5.74, 6) is 1.44. The number of aryl methyl sites for hydroxylation is 1. The van der Waals surface area contributed by atoms with Crippen LogP contribution < -0.4 is 4.74 Å². The predicted molar refractivity (Wildman–Crippen MR) is 124 cm³/mol. The van der Waals surface area contributed by atoms with Gasteiger partial charge in [0.25, 0.3) is 5.91 Å². The molecule has 0 saturated heterocycles. The van der Waals surface area contributed by atoms with E-state index >= 15 is 0 Å². The minimum Gasteiger partial charge on any atom is -0.492 e. The Morgan fingerprint density at radius 2 is 1.59 bits per heavy atom. The highest BCUT2D eigenvalue weighted by Gasteiger charge is 2.14. The maximum absolute atomic E-state index is 12.7. The highest BCUT2D eigenvalue weighted by molar-refractivity contribution is 6.30. The fourth-order valence-electron chi connectivity index (χ4n) is 3.09. The number of carbonyl (C=O) groups is 1. The third-order valence-corrected chi connectivity index (χ3v) is 5.18. The average Bonchev–Trinajstić information content (AvgIpc) is 3.29. The molecule has 6 nitrogen and oxygen atoms in total. The second kappa shape index (κ2) is 9.66. The lowest BCUT2D eigenvalue weighted by molar-refractivity contribution is 0.0774. The van der Waals surface area contributed by atoms with Crippen LogP contribution in [0.25, 0.3) is 22.9 Å². The number of hydrogen-bond acceptors (Lipinski definition) is 5. The summed E-state index contributed by atoms with van der Waals surface area (Å²) in [6.45, 7) is 2.83. The maximum atomic E-state index is 12.7. The maximum Gasteiger partial charge on any atom is 0.253 e. The molecule has 4 rings (SSSR count). The molecule has 1 amide bonds. The summed E-state index contributed by atoms with van der Waals surface area (Å²) in [4.78, 5) is 14.3. The van der Waals surface area contributed by atoms with Crippen LogP contribution in [0.1, 0.15) is 15.9 Å². The van der Waals surface area contributed by atoms with Gasteiger partial charge < -0.3 is 14.1 Å². The Morgan fingerprint density at radius 3 is 2.22 bits per heavy atom.